The number of nitrogens with one attached hydrogen (secondary N) is 1. The monoisotopic (exact) mass is 593 g/mol. The van der Waals surface area contributed by atoms with Crippen LogP contribution in [-0.4, -0.2) is 56.9 Å². The molecule has 0 aromatic heterocycles. The Labute approximate surface area is 250 Å². The molecule has 0 fully saturated rings. The Bertz CT molecular complexity index is 1390. The van der Waals surface area contributed by atoms with Gasteiger partial charge in [0, 0.05) is 12.6 Å². The minimum Gasteiger partial charge on any atom is -0.494 e. The van der Waals surface area contributed by atoms with Crippen LogP contribution in [0.4, 0.5) is 5.69 Å². The lowest BCUT2D eigenvalue weighted by atomic mass is 10.1. The van der Waals surface area contributed by atoms with Gasteiger partial charge in [-0.2, -0.15) is 0 Å². The number of hydrogen-bond acceptors (Lipinski definition) is 5. The third-order valence-corrected chi connectivity index (χ3v) is 8.98. The molecule has 42 heavy (non-hydrogen) atoms. The first-order chi connectivity index (χ1) is 20.1. The molecule has 1 N–H and O–H groups in total. The van der Waals surface area contributed by atoms with E-state index in [-0.39, 0.29) is 23.4 Å². The maximum absolute atomic E-state index is 14.1. The molecule has 0 heterocycles. The smallest absolute Gasteiger partial charge is 0.264 e. The van der Waals surface area contributed by atoms with Crippen molar-refractivity contribution in [1.29, 1.82) is 0 Å². The molecule has 8 nitrogen and oxygen atoms in total. The van der Waals surface area contributed by atoms with Crippen LogP contribution in [0.5, 0.6) is 5.75 Å². The molecule has 0 saturated carbocycles. The third kappa shape index (κ3) is 8.58. The van der Waals surface area contributed by atoms with Crippen molar-refractivity contribution in [3.63, 3.8) is 0 Å². The van der Waals surface area contributed by atoms with E-state index in [1.54, 1.807) is 36.4 Å². The van der Waals surface area contributed by atoms with E-state index < -0.39 is 28.5 Å². The summed E-state index contributed by atoms with van der Waals surface area (Å²) < 4.78 is 34.6. The van der Waals surface area contributed by atoms with Gasteiger partial charge in [0.15, 0.2) is 0 Å². The lowest BCUT2D eigenvalue weighted by Crippen LogP contribution is -2.54. The summed E-state index contributed by atoms with van der Waals surface area (Å²) in [5, 5.41) is 3.00. The summed E-state index contributed by atoms with van der Waals surface area (Å²) in [6, 6.07) is 22.1. The maximum atomic E-state index is 14.1. The summed E-state index contributed by atoms with van der Waals surface area (Å²) in [6.07, 6.45) is 1.66. The first kappa shape index (κ1) is 32.7. The Morgan fingerprint density at radius 2 is 1.52 bits per heavy atom. The predicted octanol–water partition coefficient (Wildman–Crippen LogP) is 5.35. The Morgan fingerprint density at radius 1 is 0.881 bits per heavy atom. The second-order valence-electron chi connectivity index (χ2n) is 10.3. The first-order valence-electron chi connectivity index (χ1n) is 14.6. The van der Waals surface area contributed by atoms with Crippen LogP contribution in [0.2, 0.25) is 0 Å². The molecule has 226 valence electrons. The highest BCUT2D eigenvalue weighted by molar-refractivity contribution is 7.92. The lowest BCUT2D eigenvalue weighted by Gasteiger charge is -2.33. The molecule has 0 unspecified atom stereocenters. The van der Waals surface area contributed by atoms with Crippen LogP contribution in [0.15, 0.2) is 83.8 Å². The van der Waals surface area contributed by atoms with Crippen molar-refractivity contribution in [3.8, 4) is 5.75 Å². The Hall–Kier alpha value is -3.85. The van der Waals surface area contributed by atoms with Gasteiger partial charge >= 0.3 is 0 Å². The van der Waals surface area contributed by atoms with Crippen LogP contribution in [-0.2, 0) is 26.0 Å². The maximum Gasteiger partial charge on any atom is 0.264 e. The number of rotatable bonds is 15. The fraction of sp³-hybridized carbons (Fsp3) is 0.394. The van der Waals surface area contributed by atoms with E-state index in [0.717, 1.165) is 21.9 Å². The summed E-state index contributed by atoms with van der Waals surface area (Å²) in [7, 11) is -4.12. The molecule has 0 bridgehead atoms. The summed E-state index contributed by atoms with van der Waals surface area (Å²) in [5.41, 5.74) is 2.26. The molecule has 9 heteroatoms. The largest absolute Gasteiger partial charge is 0.494 e. The number of hydrogen-bond donors (Lipinski definition) is 1. The average Bonchev–Trinajstić information content (AvgIpc) is 2.99. The third-order valence-electron chi connectivity index (χ3n) is 7.19. The Morgan fingerprint density at radius 3 is 2.10 bits per heavy atom. The van der Waals surface area contributed by atoms with Crippen molar-refractivity contribution in [1.82, 2.24) is 10.2 Å². The van der Waals surface area contributed by atoms with E-state index in [1.807, 2.05) is 65.0 Å². The number of amides is 2. The summed E-state index contributed by atoms with van der Waals surface area (Å²) in [5.74, 6) is -0.110. The standard InChI is InChI=1S/C33H43N3O5S/c1-6-26(5)34-33(38)31(7-2)35(23-22-27-12-10-9-11-13-27)32(37)24-36(28-16-18-29(19-17-28)41-8-3)42(39,40)30-20-14-25(4)15-21-30/h9-21,26,31H,6-8,22-24H2,1-5H3,(H,34,38)/t26-,31-/m0/s1. The van der Waals surface area contributed by atoms with Crippen molar-refractivity contribution in [2.45, 2.75) is 70.9 Å². The van der Waals surface area contributed by atoms with Gasteiger partial charge in [0.2, 0.25) is 11.8 Å². The normalized spacial score (nSPS) is 12.7. The van der Waals surface area contributed by atoms with Crippen LogP contribution in [0.25, 0.3) is 0 Å². The molecule has 3 rings (SSSR count). The van der Waals surface area contributed by atoms with Gasteiger partial charge in [-0.25, -0.2) is 8.42 Å². The molecule has 0 aliphatic heterocycles. The van der Waals surface area contributed by atoms with Gasteiger partial charge < -0.3 is 15.0 Å². The van der Waals surface area contributed by atoms with Gasteiger partial charge in [-0.1, -0.05) is 61.9 Å². The summed E-state index contributed by atoms with van der Waals surface area (Å²) in [4.78, 5) is 29.1. The van der Waals surface area contributed by atoms with Crippen LogP contribution in [0.3, 0.4) is 0 Å². The van der Waals surface area contributed by atoms with E-state index in [2.05, 4.69) is 5.32 Å². The molecule has 0 aliphatic carbocycles. The molecular weight excluding hydrogens is 550 g/mol. The minimum absolute atomic E-state index is 0.0557. The average molecular weight is 594 g/mol. The molecular formula is C33H43N3O5S. The molecule has 3 aromatic carbocycles. The molecule has 0 aliphatic rings. The molecule has 0 saturated heterocycles. The topological polar surface area (TPSA) is 96.0 Å². The summed E-state index contributed by atoms with van der Waals surface area (Å²) >= 11 is 0. The fourth-order valence-corrected chi connectivity index (χ4v) is 5.99. The number of anilines is 1. The first-order valence-corrected chi connectivity index (χ1v) is 16.0. The van der Waals surface area contributed by atoms with E-state index >= 15 is 0 Å². The second kappa shape index (κ2) is 15.4. The minimum atomic E-state index is -4.12. The van der Waals surface area contributed by atoms with Gasteiger partial charge in [-0.05, 0) is 82.0 Å². The number of nitrogens with zero attached hydrogens (tertiary/aromatic N) is 2. The van der Waals surface area contributed by atoms with Gasteiger partial charge in [-0.3, -0.25) is 13.9 Å². The van der Waals surface area contributed by atoms with Gasteiger partial charge in [0.05, 0.1) is 17.2 Å². The quantitative estimate of drug-likeness (QED) is 0.256. The zero-order chi connectivity index (χ0) is 30.7. The SMILES string of the molecule is CCOc1ccc(N(CC(=O)N(CCc2ccccc2)[C@@H](CC)C(=O)N[C@@H](C)CC)S(=O)(=O)c2ccc(C)cc2)cc1. The van der Waals surface area contributed by atoms with Gasteiger partial charge in [0.25, 0.3) is 10.0 Å². The van der Waals surface area contributed by atoms with Crippen LogP contribution >= 0.6 is 0 Å². The van der Waals surface area contributed by atoms with Crippen molar-refractivity contribution in [2.24, 2.45) is 0 Å². The number of ether oxygens (including phenoxy) is 1. The predicted molar refractivity (Wildman–Crippen MR) is 167 cm³/mol. The molecule has 2 atom stereocenters. The van der Waals surface area contributed by atoms with Crippen LogP contribution in [0, 0.1) is 6.92 Å². The molecule has 0 radical (unpaired) electrons. The van der Waals surface area contributed by atoms with E-state index in [9.17, 15) is 18.0 Å². The van der Waals surface area contributed by atoms with Crippen molar-refractivity contribution < 1.29 is 22.7 Å². The number of sulfonamides is 1. The number of carbonyl (C=O) groups excluding carboxylic acids is 2. The highest BCUT2D eigenvalue weighted by Gasteiger charge is 2.33. The van der Waals surface area contributed by atoms with E-state index in [1.165, 1.54) is 17.0 Å². The number of benzene rings is 3. The zero-order valence-electron chi connectivity index (χ0n) is 25.2. The van der Waals surface area contributed by atoms with Crippen molar-refractivity contribution >= 4 is 27.5 Å². The zero-order valence-corrected chi connectivity index (χ0v) is 26.1. The molecule has 2 amide bonds. The second-order valence-corrected chi connectivity index (χ2v) is 12.2. The van der Waals surface area contributed by atoms with Gasteiger partial charge in [0.1, 0.15) is 18.3 Å². The van der Waals surface area contributed by atoms with Crippen LogP contribution in [0.1, 0.15) is 51.7 Å². The Balaban J connectivity index is 2.01. The van der Waals surface area contributed by atoms with Crippen LogP contribution < -0.4 is 14.4 Å². The van der Waals surface area contributed by atoms with Gasteiger partial charge in [-0.15, -0.1) is 0 Å². The van der Waals surface area contributed by atoms with Crippen molar-refractivity contribution in [2.75, 3.05) is 24.0 Å². The van der Waals surface area contributed by atoms with E-state index in [4.69, 9.17) is 4.74 Å². The lowest BCUT2D eigenvalue weighted by molar-refractivity contribution is -0.139. The highest BCUT2D eigenvalue weighted by Crippen LogP contribution is 2.27. The molecule has 3 aromatic rings. The molecule has 0 spiro atoms. The number of carbonyl (C=O) groups is 2. The van der Waals surface area contributed by atoms with Crippen molar-refractivity contribution in [3.05, 3.63) is 90.0 Å². The number of aryl methyl sites for hydroxylation is 1. The van der Waals surface area contributed by atoms with E-state index in [0.29, 0.717) is 30.9 Å². The fourth-order valence-electron chi connectivity index (χ4n) is 4.58. The highest BCUT2D eigenvalue weighted by atomic mass is 32.2. The Kier molecular flexibility index (Phi) is 12.0. The summed E-state index contributed by atoms with van der Waals surface area (Å²) in [6.45, 7) is 9.77.